The van der Waals surface area contributed by atoms with Crippen LogP contribution in [0.3, 0.4) is 0 Å². The van der Waals surface area contributed by atoms with Gasteiger partial charge in [-0.1, -0.05) is 0 Å². The number of anilines is 1. The number of aryl methyl sites for hydroxylation is 3. The molecule has 0 spiro atoms. The first-order chi connectivity index (χ1) is 15.7. The number of fused-ring (bicyclic) bond motifs is 1. The summed E-state index contributed by atoms with van der Waals surface area (Å²) in [6.07, 6.45) is -4.17. The number of pyridine rings is 1. The molecule has 0 aliphatic rings. The molecule has 13 heteroatoms. The third kappa shape index (κ3) is 4.45. The van der Waals surface area contributed by atoms with Gasteiger partial charge in [-0.25, -0.2) is 32.2 Å². The number of rotatable bonds is 7. The molecule has 174 valence electrons. The molecule has 8 nitrogen and oxygen atoms in total. The summed E-state index contributed by atoms with van der Waals surface area (Å²) in [6.45, 7) is 5.58. The van der Waals surface area contributed by atoms with Gasteiger partial charge in [0.1, 0.15) is 12.2 Å². The predicted molar refractivity (Wildman–Crippen MR) is 115 cm³/mol. The lowest BCUT2D eigenvalue weighted by Gasteiger charge is -2.08. The maximum absolute atomic E-state index is 13.5. The molecule has 0 bridgehead atoms. The largest absolute Gasteiger partial charge is 0.300 e. The molecule has 33 heavy (non-hydrogen) atoms. The molecule has 4 heterocycles. The highest BCUT2D eigenvalue weighted by molar-refractivity contribution is 7.14. The average Bonchev–Trinajstić information content (AvgIpc) is 3.45. The SMILES string of the molecule is CCn1cc(-c2csc(NC(=O)Cn3nc(C)c4c(C(F)F)cc(C(F)F)nc43)n2)c(C)n1. The van der Waals surface area contributed by atoms with E-state index in [9.17, 15) is 22.4 Å². The Morgan fingerprint density at radius 3 is 2.52 bits per heavy atom. The molecule has 0 unspecified atom stereocenters. The fraction of sp³-hybridized carbons (Fsp3) is 0.350. The highest BCUT2D eigenvalue weighted by Gasteiger charge is 2.24. The number of amides is 1. The molecular formula is C20H19F4N7OS. The van der Waals surface area contributed by atoms with Gasteiger partial charge in [0, 0.05) is 29.2 Å². The topological polar surface area (TPSA) is 90.5 Å². The standard InChI is InChI=1S/C20H19F4N7OS/c1-4-30-6-12(9(2)28-30)14-8-33-20(26-14)27-15(32)7-31-19-16(10(3)29-31)11(17(21)22)5-13(25-19)18(23)24/h5-6,8,17-18H,4,7H2,1-3H3,(H,26,27,32). The molecule has 0 aliphatic heterocycles. The van der Waals surface area contributed by atoms with Crippen molar-refractivity contribution < 1.29 is 22.4 Å². The van der Waals surface area contributed by atoms with Crippen molar-refractivity contribution in [1.29, 1.82) is 0 Å². The van der Waals surface area contributed by atoms with Gasteiger partial charge in [-0.3, -0.25) is 9.48 Å². The highest BCUT2D eigenvalue weighted by atomic mass is 32.1. The van der Waals surface area contributed by atoms with Crippen LogP contribution in [0.4, 0.5) is 22.7 Å². The van der Waals surface area contributed by atoms with Crippen LogP contribution in [-0.2, 0) is 17.9 Å². The van der Waals surface area contributed by atoms with E-state index < -0.39 is 36.6 Å². The minimum absolute atomic E-state index is 0.0397. The smallest absolute Gasteiger partial charge is 0.280 e. The molecular weight excluding hydrogens is 462 g/mol. The number of hydrogen-bond donors (Lipinski definition) is 1. The Kier molecular flexibility index (Phi) is 6.15. The maximum atomic E-state index is 13.5. The quantitative estimate of drug-likeness (QED) is 0.379. The van der Waals surface area contributed by atoms with E-state index in [1.165, 1.54) is 18.3 Å². The lowest BCUT2D eigenvalue weighted by molar-refractivity contribution is -0.116. The molecule has 0 aromatic carbocycles. The molecule has 0 saturated heterocycles. The van der Waals surface area contributed by atoms with Crippen molar-refractivity contribution in [3.05, 3.63) is 40.3 Å². The van der Waals surface area contributed by atoms with Crippen LogP contribution < -0.4 is 5.32 Å². The zero-order chi connectivity index (χ0) is 23.9. The molecule has 0 fully saturated rings. The fourth-order valence-corrected chi connectivity index (χ4v) is 4.21. The van der Waals surface area contributed by atoms with Crippen molar-refractivity contribution in [1.82, 2.24) is 29.5 Å². The third-order valence-corrected chi connectivity index (χ3v) is 5.73. The second-order valence-corrected chi connectivity index (χ2v) is 8.11. The summed E-state index contributed by atoms with van der Waals surface area (Å²) in [6, 6.07) is 0.677. The summed E-state index contributed by atoms with van der Waals surface area (Å²) in [7, 11) is 0. The van der Waals surface area contributed by atoms with E-state index in [1.807, 2.05) is 20.0 Å². The first kappa shape index (κ1) is 22.8. The summed E-state index contributed by atoms with van der Waals surface area (Å²) in [5.41, 5.74) is 0.871. The van der Waals surface area contributed by atoms with Gasteiger partial charge in [0.05, 0.1) is 22.5 Å². The first-order valence-corrected chi connectivity index (χ1v) is 10.8. The average molecular weight is 481 g/mol. The number of alkyl halides is 4. The Bertz CT molecular complexity index is 1330. The molecule has 0 saturated carbocycles. The number of carbonyl (C=O) groups excluding carboxylic acids is 1. The normalized spacial score (nSPS) is 11.8. The van der Waals surface area contributed by atoms with Crippen molar-refractivity contribution in [2.75, 3.05) is 5.32 Å². The predicted octanol–water partition coefficient (Wildman–Crippen LogP) is 4.90. The summed E-state index contributed by atoms with van der Waals surface area (Å²) >= 11 is 1.21. The third-order valence-electron chi connectivity index (χ3n) is 4.98. The maximum Gasteiger partial charge on any atom is 0.280 e. The molecule has 4 rings (SSSR count). The second kappa shape index (κ2) is 8.89. The number of nitrogens with one attached hydrogen (secondary N) is 1. The van der Waals surface area contributed by atoms with E-state index in [4.69, 9.17) is 0 Å². The van der Waals surface area contributed by atoms with Gasteiger partial charge < -0.3 is 5.32 Å². The zero-order valence-electron chi connectivity index (χ0n) is 17.8. The van der Waals surface area contributed by atoms with Gasteiger partial charge >= 0.3 is 0 Å². The van der Waals surface area contributed by atoms with Crippen LogP contribution >= 0.6 is 11.3 Å². The number of aromatic nitrogens is 6. The van der Waals surface area contributed by atoms with E-state index in [1.54, 1.807) is 10.1 Å². The molecule has 0 radical (unpaired) electrons. The van der Waals surface area contributed by atoms with E-state index in [-0.39, 0.29) is 16.7 Å². The van der Waals surface area contributed by atoms with Gasteiger partial charge in [-0.05, 0) is 26.8 Å². The van der Waals surface area contributed by atoms with Crippen LogP contribution in [0.5, 0.6) is 0 Å². The van der Waals surface area contributed by atoms with E-state index in [2.05, 4.69) is 25.5 Å². The Morgan fingerprint density at radius 2 is 1.88 bits per heavy atom. The number of hydrogen-bond acceptors (Lipinski definition) is 6. The summed E-state index contributed by atoms with van der Waals surface area (Å²) in [5, 5.41) is 13.1. The fourth-order valence-electron chi connectivity index (χ4n) is 3.48. The van der Waals surface area contributed by atoms with E-state index >= 15 is 0 Å². The lowest BCUT2D eigenvalue weighted by atomic mass is 10.1. The Hall–Kier alpha value is -3.35. The van der Waals surface area contributed by atoms with Gasteiger partial charge in [0.25, 0.3) is 12.9 Å². The van der Waals surface area contributed by atoms with Crippen LogP contribution in [0, 0.1) is 13.8 Å². The molecule has 1 amide bonds. The molecule has 1 N–H and O–H groups in total. The van der Waals surface area contributed by atoms with Gasteiger partial charge in [0.2, 0.25) is 5.91 Å². The van der Waals surface area contributed by atoms with Crippen LogP contribution in [0.25, 0.3) is 22.3 Å². The van der Waals surface area contributed by atoms with Crippen molar-refractivity contribution in [3.63, 3.8) is 0 Å². The summed E-state index contributed by atoms with van der Waals surface area (Å²) < 4.78 is 56.2. The number of carbonyl (C=O) groups is 1. The molecule has 0 aliphatic carbocycles. The van der Waals surface area contributed by atoms with Crippen LogP contribution in [-0.4, -0.2) is 35.4 Å². The Morgan fingerprint density at radius 1 is 1.12 bits per heavy atom. The van der Waals surface area contributed by atoms with Crippen molar-refractivity contribution >= 4 is 33.4 Å². The molecule has 0 atom stereocenters. The van der Waals surface area contributed by atoms with Crippen LogP contribution in [0.2, 0.25) is 0 Å². The van der Waals surface area contributed by atoms with Gasteiger partial charge in [0.15, 0.2) is 10.8 Å². The summed E-state index contributed by atoms with van der Waals surface area (Å²) in [4.78, 5) is 20.8. The zero-order valence-corrected chi connectivity index (χ0v) is 18.6. The summed E-state index contributed by atoms with van der Waals surface area (Å²) in [5.74, 6) is -0.552. The lowest BCUT2D eigenvalue weighted by Crippen LogP contribution is -2.20. The second-order valence-electron chi connectivity index (χ2n) is 7.25. The van der Waals surface area contributed by atoms with E-state index in [0.29, 0.717) is 23.4 Å². The van der Waals surface area contributed by atoms with Gasteiger partial charge in [-0.15, -0.1) is 11.3 Å². The van der Waals surface area contributed by atoms with Crippen molar-refractivity contribution in [2.45, 2.75) is 46.7 Å². The van der Waals surface area contributed by atoms with Crippen molar-refractivity contribution in [2.24, 2.45) is 0 Å². The monoisotopic (exact) mass is 481 g/mol. The minimum Gasteiger partial charge on any atom is -0.300 e. The molecule has 4 aromatic rings. The Labute approximate surface area is 189 Å². The van der Waals surface area contributed by atoms with Crippen LogP contribution in [0.15, 0.2) is 17.6 Å². The number of nitrogens with zero attached hydrogens (tertiary/aromatic N) is 6. The highest BCUT2D eigenvalue weighted by Crippen LogP contribution is 2.33. The van der Waals surface area contributed by atoms with E-state index in [0.717, 1.165) is 15.9 Å². The molecule has 4 aromatic heterocycles. The Balaban J connectivity index is 1.58. The van der Waals surface area contributed by atoms with Crippen LogP contribution in [0.1, 0.15) is 42.4 Å². The minimum atomic E-state index is -3.04. The first-order valence-electron chi connectivity index (χ1n) is 9.92. The number of halogens is 4. The van der Waals surface area contributed by atoms with Crippen molar-refractivity contribution in [3.8, 4) is 11.3 Å². The van der Waals surface area contributed by atoms with Gasteiger partial charge in [-0.2, -0.15) is 10.2 Å². The number of thiazole rings is 1.